The van der Waals surface area contributed by atoms with E-state index in [1.165, 1.54) is 6.20 Å². The number of anilines is 1. The van der Waals surface area contributed by atoms with Crippen LogP contribution in [-0.4, -0.2) is 51.5 Å². The molecule has 0 bridgehead atoms. The number of sulfonamides is 1. The summed E-state index contributed by atoms with van der Waals surface area (Å²) in [5.41, 5.74) is -0.0363. The van der Waals surface area contributed by atoms with E-state index in [1.54, 1.807) is 19.2 Å². The zero-order valence-electron chi connectivity index (χ0n) is 12.2. The van der Waals surface area contributed by atoms with Crippen LogP contribution in [0.1, 0.15) is 19.3 Å². The van der Waals surface area contributed by atoms with E-state index in [1.807, 2.05) is 14.1 Å². The average Bonchev–Trinajstić information content (AvgIpc) is 2.37. The van der Waals surface area contributed by atoms with Crippen LogP contribution in [0.15, 0.2) is 23.2 Å². The van der Waals surface area contributed by atoms with Crippen molar-refractivity contribution in [3.63, 3.8) is 0 Å². The summed E-state index contributed by atoms with van der Waals surface area (Å²) >= 11 is 0. The van der Waals surface area contributed by atoms with Crippen molar-refractivity contribution >= 4 is 15.8 Å². The van der Waals surface area contributed by atoms with Gasteiger partial charge in [-0.2, -0.15) is 0 Å². The van der Waals surface area contributed by atoms with Gasteiger partial charge >= 0.3 is 0 Å². The van der Waals surface area contributed by atoms with Crippen LogP contribution in [0.25, 0.3) is 0 Å². The van der Waals surface area contributed by atoms with Gasteiger partial charge in [-0.25, -0.2) is 18.1 Å². The van der Waals surface area contributed by atoms with E-state index in [4.69, 9.17) is 0 Å². The first-order valence-electron chi connectivity index (χ1n) is 6.70. The lowest BCUT2D eigenvalue weighted by Crippen LogP contribution is -2.57. The minimum absolute atomic E-state index is 0.0363. The molecule has 0 spiro atoms. The molecule has 1 fully saturated rings. The smallest absolute Gasteiger partial charge is 0.242 e. The molecule has 2 rings (SSSR count). The number of likely N-dealkylation sites (N-methyl/N-ethyl adjacent to an activating group) is 1. The fraction of sp³-hybridized carbons (Fsp3) is 0.615. The molecule has 0 amide bonds. The highest BCUT2D eigenvalue weighted by Gasteiger charge is 2.39. The number of nitrogens with one attached hydrogen (secondary N) is 2. The Morgan fingerprint density at radius 1 is 1.35 bits per heavy atom. The molecule has 1 aromatic heterocycles. The number of hydrogen-bond donors (Lipinski definition) is 2. The maximum absolute atomic E-state index is 12.3. The van der Waals surface area contributed by atoms with Gasteiger partial charge < -0.3 is 10.2 Å². The zero-order valence-corrected chi connectivity index (χ0v) is 13.0. The monoisotopic (exact) mass is 298 g/mol. The van der Waals surface area contributed by atoms with Crippen molar-refractivity contribution in [2.45, 2.75) is 29.7 Å². The molecule has 1 saturated carbocycles. The van der Waals surface area contributed by atoms with Crippen molar-refractivity contribution in [3.8, 4) is 0 Å². The Balaban J connectivity index is 2.07. The molecular weight excluding hydrogens is 276 g/mol. The van der Waals surface area contributed by atoms with Gasteiger partial charge in [-0.1, -0.05) is 0 Å². The SMILES string of the molecule is CNc1ccc(S(=O)(=O)NCC2(N(C)C)CCC2)cn1. The molecular formula is C13H22N4O2S. The molecule has 2 N–H and O–H groups in total. The topological polar surface area (TPSA) is 74.3 Å². The Morgan fingerprint density at radius 2 is 2.05 bits per heavy atom. The highest BCUT2D eigenvalue weighted by atomic mass is 32.2. The highest BCUT2D eigenvalue weighted by Crippen LogP contribution is 2.35. The number of hydrogen-bond acceptors (Lipinski definition) is 5. The van der Waals surface area contributed by atoms with Gasteiger partial charge in [0.2, 0.25) is 10.0 Å². The van der Waals surface area contributed by atoms with Gasteiger partial charge in [0, 0.05) is 25.3 Å². The van der Waals surface area contributed by atoms with Crippen LogP contribution in [0.5, 0.6) is 0 Å². The van der Waals surface area contributed by atoms with Crippen molar-refractivity contribution < 1.29 is 8.42 Å². The number of nitrogens with zero attached hydrogens (tertiary/aromatic N) is 2. The van der Waals surface area contributed by atoms with E-state index >= 15 is 0 Å². The van der Waals surface area contributed by atoms with Gasteiger partial charge in [-0.05, 0) is 45.5 Å². The lowest BCUT2D eigenvalue weighted by atomic mass is 9.76. The molecule has 1 aliphatic carbocycles. The van der Waals surface area contributed by atoms with Crippen molar-refractivity contribution in [1.82, 2.24) is 14.6 Å². The van der Waals surface area contributed by atoms with Crippen LogP contribution in [0.4, 0.5) is 5.82 Å². The summed E-state index contributed by atoms with van der Waals surface area (Å²) in [4.78, 5) is 6.35. The molecule has 7 heteroatoms. The molecule has 0 saturated heterocycles. The first kappa shape index (κ1) is 15.2. The van der Waals surface area contributed by atoms with E-state index in [9.17, 15) is 8.42 Å². The van der Waals surface area contributed by atoms with Crippen LogP contribution in [-0.2, 0) is 10.0 Å². The largest absolute Gasteiger partial charge is 0.373 e. The summed E-state index contributed by atoms with van der Waals surface area (Å²) in [7, 11) is 2.24. The predicted octanol–water partition coefficient (Wildman–Crippen LogP) is 0.886. The fourth-order valence-electron chi connectivity index (χ4n) is 2.37. The summed E-state index contributed by atoms with van der Waals surface area (Å²) in [6.07, 6.45) is 4.58. The molecule has 6 nitrogen and oxygen atoms in total. The molecule has 20 heavy (non-hydrogen) atoms. The lowest BCUT2D eigenvalue weighted by molar-refractivity contribution is 0.0657. The quantitative estimate of drug-likeness (QED) is 0.816. The maximum Gasteiger partial charge on any atom is 0.242 e. The second-order valence-corrected chi connectivity index (χ2v) is 7.19. The minimum Gasteiger partial charge on any atom is -0.373 e. The van der Waals surface area contributed by atoms with Gasteiger partial charge in [0.1, 0.15) is 10.7 Å². The third-order valence-corrected chi connectivity index (χ3v) is 5.51. The molecule has 0 aromatic carbocycles. The minimum atomic E-state index is -3.50. The zero-order chi connectivity index (χ0) is 14.8. The molecule has 1 aromatic rings. The summed E-state index contributed by atoms with van der Waals surface area (Å²) in [6, 6.07) is 3.21. The first-order chi connectivity index (χ1) is 9.39. The number of pyridine rings is 1. The van der Waals surface area contributed by atoms with Gasteiger partial charge in [-0.3, -0.25) is 0 Å². The normalized spacial score (nSPS) is 17.8. The molecule has 112 valence electrons. The van der Waals surface area contributed by atoms with Crippen LogP contribution >= 0.6 is 0 Å². The van der Waals surface area contributed by atoms with Gasteiger partial charge in [0.05, 0.1) is 0 Å². The van der Waals surface area contributed by atoms with E-state index in [-0.39, 0.29) is 10.4 Å². The van der Waals surface area contributed by atoms with Crippen LogP contribution in [0.2, 0.25) is 0 Å². The molecule has 1 aliphatic rings. The molecule has 0 unspecified atom stereocenters. The second kappa shape index (κ2) is 5.67. The van der Waals surface area contributed by atoms with E-state index in [0.29, 0.717) is 12.4 Å². The first-order valence-corrected chi connectivity index (χ1v) is 8.19. The summed E-state index contributed by atoms with van der Waals surface area (Å²) in [5.74, 6) is 0.646. The van der Waals surface area contributed by atoms with Crippen LogP contribution in [0.3, 0.4) is 0 Å². The average molecular weight is 298 g/mol. The van der Waals surface area contributed by atoms with Crippen LogP contribution in [0, 0.1) is 0 Å². The Kier molecular flexibility index (Phi) is 4.31. The van der Waals surface area contributed by atoms with Gasteiger partial charge in [0.15, 0.2) is 0 Å². The van der Waals surface area contributed by atoms with Crippen molar-refractivity contribution in [2.75, 3.05) is 33.0 Å². The predicted molar refractivity (Wildman–Crippen MR) is 79.2 cm³/mol. The Morgan fingerprint density at radius 3 is 2.45 bits per heavy atom. The lowest BCUT2D eigenvalue weighted by Gasteiger charge is -2.47. The van der Waals surface area contributed by atoms with Gasteiger partial charge in [0.25, 0.3) is 0 Å². The maximum atomic E-state index is 12.3. The summed E-state index contributed by atoms with van der Waals surface area (Å²) < 4.78 is 27.2. The van der Waals surface area contributed by atoms with Crippen molar-refractivity contribution in [3.05, 3.63) is 18.3 Å². The van der Waals surface area contributed by atoms with Crippen LogP contribution < -0.4 is 10.0 Å². The molecule has 0 radical (unpaired) electrons. The van der Waals surface area contributed by atoms with Crippen molar-refractivity contribution in [1.29, 1.82) is 0 Å². The standard InChI is InChI=1S/C13H22N4O2S/c1-14-12-6-5-11(9-15-12)20(18,19)16-10-13(17(2)3)7-4-8-13/h5-6,9,16H,4,7-8,10H2,1-3H3,(H,14,15). The van der Waals surface area contributed by atoms with E-state index in [2.05, 4.69) is 19.9 Å². The number of aromatic nitrogens is 1. The third kappa shape index (κ3) is 2.94. The van der Waals surface area contributed by atoms with E-state index in [0.717, 1.165) is 19.3 Å². The van der Waals surface area contributed by atoms with Gasteiger partial charge in [-0.15, -0.1) is 0 Å². The Labute approximate surface area is 120 Å². The van der Waals surface area contributed by atoms with E-state index < -0.39 is 10.0 Å². The highest BCUT2D eigenvalue weighted by molar-refractivity contribution is 7.89. The second-order valence-electron chi connectivity index (χ2n) is 5.43. The molecule has 0 aliphatic heterocycles. The molecule has 0 atom stereocenters. The van der Waals surface area contributed by atoms with Crippen molar-refractivity contribution in [2.24, 2.45) is 0 Å². The Bertz CT molecular complexity index is 550. The fourth-order valence-corrected chi connectivity index (χ4v) is 3.43. The summed E-state index contributed by atoms with van der Waals surface area (Å²) in [6.45, 7) is 0.441. The number of rotatable bonds is 6. The Hall–Kier alpha value is -1.18. The summed E-state index contributed by atoms with van der Waals surface area (Å²) in [5, 5.41) is 2.86. The third-order valence-electron chi connectivity index (χ3n) is 4.13. The molecule has 1 heterocycles.